The summed E-state index contributed by atoms with van der Waals surface area (Å²) in [5.41, 5.74) is 0. The van der Waals surface area contributed by atoms with Crippen molar-refractivity contribution in [2.24, 2.45) is 0 Å². The SMILES string of the molecule is CCC[N+](C)(CCC)CCOC.COC(=O)[O-]. The van der Waals surface area contributed by atoms with Crippen molar-refractivity contribution < 1.29 is 23.9 Å². The van der Waals surface area contributed by atoms with Crippen molar-refractivity contribution in [1.29, 1.82) is 0 Å². The van der Waals surface area contributed by atoms with Crippen LogP contribution in [0.1, 0.15) is 26.7 Å². The predicted molar refractivity (Wildman–Crippen MR) is 65.6 cm³/mol. The molecule has 0 saturated heterocycles. The lowest BCUT2D eigenvalue weighted by Crippen LogP contribution is -2.47. The molecule has 0 fully saturated rings. The van der Waals surface area contributed by atoms with Crippen LogP contribution in [0.25, 0.3) is 0 Å². The Hall–Kier alpha value is -0.810. The number of nitrogens with zero attached hydrogens (tertiary/aromatic N) is 1. The molecular weight excluding hydrogens is 222 g/mol. The monoisotopic (exact) mass is 249 g/mol. The van der Waals surface area contributed by atoms with Gasteiger partial charge in [0.15, 0.2) is 0 Å². The summed E-state index contributed by atoms with van der Waals surface area (Å²) in [5, 5.41) is 9.03. The fourth-order valence-electron chi connectivity index (χ4n) is 1.73. The average molecular weight is 249 g/mol. The quantitative estimate of drug-likeness (QED) is 0.496. The maximum absolute atomic E-state index is 9.03. The second kappa shape index (κ2) is 11.7. The van der Waals surface area contributed by atoms with E-state index in [1.165, 1.54) is 30.4 Å². The topological polar surface area (TPSA) is 58.6 Å². The van der Waals surface area contributed by atoms with Crippen molar-refractivity contribution in [3.63, 3.8) is 0 Å². The van der Waals surface area contributed by atoms with E-state index in [9.17, 15) is 0 Å². The van der Waals surface area contributed by atoms with Gasteiger partial charge in [-0.15, -0.1) is 0 Å². The summed E-state index contributed by atoms with van der Waals surface area (Å²) in [6.07, 6.45) is 1.03. The van der Waals surface area contributed by atoms with Crippen molar-refractivity contribution in [2.75, 3.05) is 47.5 Å². The van der Waals surface area contributed by atoms with Crippen LogP contribution in [0.3, 0.4) is 0 Å². The first kappa shape index (κ1) is 18.6. The molecule has 0 aliphatic rings. The lowest BCUT2D eigenvalue weighted by Gasteiger charge is -2.33. The van der Waals surface area contributed by atoms with Gasteiger partial charge in [-0.25, -0.2) is 0 Å². The smallest absolute Gasteiger partial charge is 0.251 e. The van der Waals surface area contributed by atoms with Crippen molar-refractivity contribution >= 4 is 6.16 Å². The van der Waals surface area contributed by atoms with Crippen LogP contribution < -0.4 is 5.11 Å². The Kier molecular flexibility index (Phi) is 12.7. The third-order valence-corrected chi connectivity index (χ3v) is 2.53. The number of methoxy groups -OCH3 is 2. The van der Waals surface area contributed by atoms with Gasteiger partial charge in [0.05, 0.1) is 26.7 Å². The van der Waals surface area contributed by atoms with Gasteiger partial charge in [-0.1, -0.05) is 13.8 Å². The van der Waals surface area contributed by atoms with Crippen molar-refractivity contribution in [3.05, 3.63) is 0 Å². The van der Waals surface area contributed by atoms with Crippen molar-refractivity contribution in [1.82, 2.24) is 0 Å². The molecule has 0 aromatic carbocycles. The molecule has 0 spiro atoms. The Balaban J connectivity index is 0. The van der Waals surface area contributed by atoms with E-state index in [1.54, 1.807) is 7.11 Å². The van der Waals surface area contributed by atoms with Crippen LogP contribution in [-0.4, -0.2) is 58.1 Å². The first-order valence-electron chi connectivity index (χ1n) is 6.03. The van der Waals surface area contributed by atoms with Gasteiger partial charge in [0.1, 0.15) is 6.54 Å². The highest BCUT2D eigenvalue weighted by Crippen LogP contribution is 2.05. The third-order valence-electron chi connectivity index (χ3n) is 2.53. The van der Waals surface area contributed by atoms with Crippen LogP contribution in [0.15, 0.2) is 0 Å². The first-order chi connectivity index (χ1) is 7.95. The van der Waals surface area contributed by atoms with Gasteiger partial charge in [0, 0.05) is 14.2 Å². The molecule has 0 amide bonds. The molecule has 5 heteroatoms. The molecule has 0 aromatic heterocycles. The molecule has 0 heterocycles. The van der Waals surface area contributed by atoms with E-state index in [-0.39, 0.29) is 0 Å². The van der Waals surface area contributed by atoms with Crippen LogP contribution in [-0.2, 0) is 9.47 Å². The van der Waals surface area contributed by atoms with Crippen molar-refractivity contribution in [3.8, 4) is 0 Å². The first-order valence-corrected chi connectivity index (χ1v) is 6.03. The molecule has 5 nitrogen and oxygen atoms in total. The summed E-state index contributed by atoms with van der Waals surface area (Å²) >= 11 is 0. The molecule has 0 aliphatic carbocycles. The number of carboxylic acid groups (broad SMARTS) is 1. The fraction of sp³-hybridized carbons (Fsp3) is 0.917. The maximum Gasteiger partial charge on any atom is 0.251 e. The Morgan fingerprint density at radius 3 is 1.76 bits per heavy atom. The van der Waals surface area contributed by atoms with Crippen LogP contribution in [0.5, 0.6) is 0 Å². The molecule has 104 valence electrons. The number of hydrogen-bond donors (Lipinski definition) is 0. The summed E-state index contributed by atoms with van der Waals surface area (Å²) in [7, 11) is 5.14. The zero-order valence-electron chi connectivity index (χ0n) is 11.8. The van der Waals surface area contributed by atoms with Gasteiger partial charge >= 0.3 is 0 Å². The van der Waals surface area contributed by atoms with Gasteiger partial charge in [-0.2, -0.15) is 0 Å². The van der Waals surface area contributed by atoms with Gasteiger partial charge in [0.25, 0.3) is 6.16 Å². The molecule has 0 rings (SSSR count). The predicted octanol–water partition coefficient (Wildman–Crippen LogP) is 0.876. The van der Waals surface area contributed by atoms with Gasteiger partial charge in [0.2, 0.25) is 0 Å². The number of carbonyl (C=O) groups is 1. The standard InChI is InChI=1S/C10H24NO.C2H4O3/c1-5-7-11(3,8-6-2)9-10-12-4;1-5-2(3)4/h5-10H2,1-4H3;1H3,(H,3,4)/q+1;/p-1. The molecule has 17 heavy (non-hydrogen) atoms. The molecule has 0 unspecified atom stereocenters. The molecule has 0 N–H and O–H groups in total. The van der Waals surface area contributed by atoms with Gasteiger partial charge < -0.3 is 23.9 Å². The molecule has 0 radical (unpaired) electrons. The minimum atomic E-state index is -1.50. The zero-order chi connectivity index (χ0) is 13.7. The highest BCUT2D eigenvalue weighted by molar-refractivity contribution is 5.53. The Morgan fingerprint density at radius 1 is 1.12 bits per heavy atom. The largest absolute Gasteiger partial charge is 0.553 e. The zero-order valence-corrected chi connectivity index (χ0v) is 11.8. The van der Waals surface area contributed by atoms with E-state index in [1.807, 2.05) is 0 Å². The molecule has 0 bridgehead atoms. The van der Waals surface area contributed by atoms with Crippen molar-refractivity contribution in [2.45, 2.75) is 26.7 Å². The van der Waals surface area contributed by atoms with Gasteiger partial charge in [-0.05, 0) is 12.8 Å². The number of ether oxygens (including phenoxy) is 2. The fourth-order valence-corrected chi connectivity index (χ4v) is 1.73. The van der Waals surface area contributed by atoms with E-state index in [0.717, 1.165) is 20.3 Å². The average Bonchev–Trinajstić information content (AvgIpc) is 2.28. The molecular formula is C12H27NO4. The van der Waals surface area contributed by atoms with E-state index in [0.29, 0.717) is 0 Å². The van der Waals surface area contributed by atoms with Crippen LogP contribution in [0.4, 0.5) is 4.79 Å². The lowest BCUT2D eigenvalue weighted by atomic mass is 10.3. The number of rotatable bonds is 7. The number of carbonyl (C=O) groups excluding carboxylic acids is 1. The molecule has 0 aromatic rings. The summed E-state index contributed by atoms with van der Waals surface area (Å²) in [4.78, 5) is 9.03. The van der Waals surface area contributed by atoms with Crippen LogP contribution in [0.2, 0.25) is 0 Å². The second-order valence-electron chi connectivity index (χ2n) is 4.24. The molecule has 0 atom stereocenters. The van der Waals surface area contributed by atoms with Gasteiger partial charge in [-0.3, -0.25) is 0 Å². The maximum atomic E-state index is 9.03. The summed E-state index contributed by atoms with van der Waals surface area (Å²) in [6, 6.07) is 0. The highest BCUT2D eigenvalue weighted by atomic mass is 16.6. The summed E-state index contributed by atoms with van der Waals surface area (Å²) in [6.45, 7) is 9.08. The minimum absolute atomic E-state index is 0.885. The van der Waals surface area contributed by atoms with E-state index < -0.39 is 6.16 Å². The Morgan fingerprint density at radius 2 is 1.53 bits per heavy atom. The molecule has 0 aliphatic heterocycles. The Bertz CT molecular complexity index is 179. The highest BCUT2D eigenvalue weighted by Gasteiger charge is 2.18. The number of likely N-dealkylation sites (N-methyl/N-ethyl adjacent to an activating group) is 1. The van der Waals surface area contributed by atoms with Crippen LogP contribution in [0, 0.1) is 0 Å². The second-order valence-corrected chi connectivity index (χ2v) is 4.24. The summed E-state index contributed by atoms with van der Waals surface area (Å²) in [5.74, 6) is 0. The Labute approximate surface area is 105 Å². The van der Waals surface area contributed by atoms with Crippen LogP contribution >= 0.6 is 0 Å². The minimum Gasteiger partial charge on any atom is -0.553 e. The normalized spacial score (nSPS) is 10.4. The third kappa shape index (κ3) is 13.1. The number of hydrogen-bond acceptors (Lipinski definition) is 4. The van der Waals surface area contributed by atoms with E-state index in [4.69, 9.17) is 14.6 Å². The summed E-state index contributed by atoms with van der Waals surface area (Å²) < 4.78 is 9.84. The van der Waals surface area contributed by atoms with E-state index >= 15 is 0 Å². The van der Waals surface area contributed by atoms with E-state index in [2.05, 4.69) is 25.6 Å². The number of quaternary nitrogens is 1. The molecule has 0 saturated carbocycles. The lowest BCUT2D eigenvalue weighted by molar-refractivity contribution is -0.910.